The number of benzene rings is 1. The molecule has 7 heteroatoms. The maximum Gasteiger partial charge on any atom is 0.318 e. The van der Waals surface area contributed by atoms with Gasteiger partial charge in [-0.15, -0.1) is 0 Å². The van der Waals surface area contributed by atoms with Gasteiger partial charge < -0.3 is 9.64 Å². The number of aliphatic imine (C=N–C) groups is 1. The number of halogens is 2. The lowest BCUT2D eigenvalue weighted by Gasteiger charge is -2.18. The van der Waals surface area contributed by atoms with E-state index in [1.165, 1.54) is 12.1 Å². The molecule has 0 saturated carbocycles. The summed E-state index contributed by atoms with van der Waals surface area (Å²) in [6.45, 7) is 4.08. The molecular weight excluding hydrogens is 314 g/mol. The molecule has 128 valence electrons. The van der Waals surface area contributed by atoms with E-state index < -0.39 is 5.82 Å². The summed E-state index contributed by atoms with van der Waals surface area (Å²) in [7, 11) is 3.67. The van der Waals surface area contributed by atoms with Gasteiger partial charge in [0.05, 0.1) is 6.20 Å². The molecular formula is C17H20F2N4O. The summed E-state index contributed by atoms with van der Waals surface area (Å²) in [6, 6.07) is 5.89. The van der Waals surface area contributed by atoms with Crippen LogP contribution in [0.25, 0.3) is 0 Å². The predicted molar refractivity (Wildman–Crippen MR) is 88.3 cm³/mol. The number of amidine groups is 1. The molecule has 0 bridgehead atoms. The van der Waals surface area contributed by atoms with Crippen LogP contribution in [0.4, 0.5) is 14.6 Å². The van der Waals surface area contributed by atoms with Crippen LogP contribution < -0.4 is 4.74 Å². The lowest BCUT2D eigenvalue weighted by Crippen LogP contribution is -2.26. The van der Waals surface area contributed by atoms with Gasteiger partial charge >= 0.3 is 6.01 Å². The number of hydrogen-bond acceptors (Lipinski definition) is 4. The second kappa shape index (κ2) is 7.81. The second-order valence-corrected chi connectivity index (χ2v) is 5.76. The molecule has 0 unspecified atom stereocenters. The average Bonchev–Trinajstić information content (AvgIpc) is 2.53. The zero-order chi connectivity index (χ0) is 17.7. The molecule has 2 rings (SSSR count). The highest BCUT2D eigenvalue weighted by molar-refractivity contribution is 5.85. The molecule has 0 radical (unpaired) electrons. The van der Waals surface area contributed by atoms with Crippen molar-refractivity contribution in [1.29, 1.82) is 0 Å². The molecule has 0 aliphatic rings. The standard InChI is InChI=1S/C17H20F2N4O/c1-11(2)16(23(3)4)21-15-14(19)9-20-17(22-15)24-10-12-5-7-13(18)8-6-12/h5-9,11H,10H2,1-4H3. The maximum atomic E-state index is 13.9. The highest BCUT2D eigenvalue weighted by atomic mass is 19.1. The van der Waals surface area contributed by atoms with Crippen LogP contribution in [0.3, 0.4) is 0 Å². The lowest BCUT2D eigenvalue weighted by atomic mass is 10.2. The van der Waals surface area contributed by atoms with Crippen molar-refractivity contribution in [3.8, 4) is 6.01 Å². The van der Waals surface area contributed by atoms with Crippen LogP contribution >= 0.6 is 0 Å². The Morgan fingerprint density at radius 3 is 2.46 bits per heavy atom. The first kappa shape index (κ1) is 17.8. The van der Waals surface area contributed by atoms with Gasteiger partial charge in [-0.3, -0.25) is 0 Å². The van der Waals surface area contributed by atoms with Crippen molar-refractivity contribution >= 4 is 11.7 Å². The Morgan fingerprint density at radius 2 is 1.88 bits per heavy atom. The normalized spacial score (nSPS) is 11.7. The molecule has 24 heavy (non-hydrogen) atoms. The highest BCUT2D eigenvalue weighted by Gasteiger charge is 2.12. The van der Waals surface area contributed by atoms with Gasteiger partial charge in [-0.2, -0.15) is 4.98 Å². The fraction of sp³-hybridized carbons (Fsp3) is 0.353. The predicted octanol–water partition coefficient (Wildman–Crippen LogP) is 3.58. The summed E-state index contributed by atoms with van der Waals surface area (Å²) in [4.78, 5) is 13.9. The van der Waals surface area contributed by atoms with Crippen LogP contribution in [0.1, 0.15) is 19.4 Å². The van der Waals surface area contributed by atoms with E-state index in [0.717, 1.165) is 11.8 Å². The SMILES string of the molecule is CC(C)C(=Nc1nc(OCc2ccc(F)cc2)ncc1F)N(C)C. The fourth-order valence-electron chi connectivity index (χ4n) is 2.07. The van der Waals surface area contributed by atoms with Crippen LogP contribution in [0.15, 0.2) is 35.5 Å². The summed E-state index contributed by atoms with van der Waals surface area (Å²) in [5.41, 5.74) is 0.755. The molecule has 0 amide bonds. The molecule has 0 aliphatic carbocycles. The largest absolute Gasteiger partial charge is 0.459 e. The number of aromatic nitrogens is 2. The van der Waals surface area contributed by atoms with Crippen molar-refractivity contribution in [2.24, 2.45) is 10.9 Å². The summed E-state index contributed by atoms with van der Waals surface area (Å²) in [5, 5.41) is 0. The minimum absolute atomic E-state index is 0.0151. The Bertz CT molecular complexity index is 705. The third kappa shape index (κ3) is 4.71. The average molecular weight is 334 g/mol. The van der Waals surface area contributed by atoms with E-state index in [1.54, 1.807) is 12.1 Å². The fourth-order valence-corrected chi connectivity index (χ4v) is 2.07. The van der Waals surface area contributed by atoms with E-state index in [9.17, 15) is 8.78 Å². The van der Waals surface area contributed by atoms with Crippen molar-refractivity contribution in [3.63, 3.8) is 0 Å². The molecule has 2 aromatic rings. The van der Waals surface area contributed by atoms with Gasteiger partial charge in [-0.25, -0.2) is 18.8 Å². The Morgan fingerprint density at radius 1 is 1.21 bits per heavy atom. The van der Waals surface area contributed by atoms with E-state index in [4.69, 9.17) is 4.74 Å². The van der Waals surface area contributed by atoms with Gasteiger partial charge in [0.1, 0.15) is 18.3 Å². The van der Waals surface area contributed by atoms with Gasteiger partial charge in [-0.05, 0) is 17.7 Å². The molecule has 0 saturated heterocycles. The van der Waals surface area contributed by atoms with Crippen LogP contribution in [0.5, 0.6) is 6.01 Å². The van der Waals surface area contributed by atoms with Crippen molar-refractivity contribution in [1.82, 2.24) is 14.9 Å². The number of rotatable bonds is 5. The van der Waals surface area contributed by atoms with E-state index in [1.807, 2.05) is 32.8 Å². The summed E-state index contributed by atoms with van der Waals surface area (Å²) >= 11 is 0. The van der Waals surface area contributed by atoms with Gasteiger partial charge in [0.2, 0.25) is 0 Å². The van der Waals surface area contributed by atoms with Crippen LogP contribution in [-0.2, 0) is 6.61 Å². The van der Waals surface area contributed by atoms with Crippen LogP contribution in [-0.4, -0.2) is 34.8 Å². The zero-order valence-electron chi connectivity index (χ0n) is 14.1. The molecule has 0 fully saturated rings. The molecule has 0 spiro atoms. The smallest absolute Gasteiger partial charge is 0.318 e. The third-order valence-corrected chi connectivity index (χ3v) is 3.18. The van der Waals surface area contributed by atoms with Gasteiger partial charge in [0.25, 0.3) is 0 Å². The molecule has 5 nitrogen and oxygen atoms in total. The number of hydrogen-bond donors (Lipinski definition) is 0. The molecule has 1 heterocycles. The number of ether oxygens (including phenoxy) is 1. The summed E-state index contributed by atoms with van der Waals surface area (Å²) in [6.07, 6.45) is 1.03. The van der Waals surface area contributed by atoms with E-state index >= 15 is 0 Å². The Labute approximate surface area is 140 Å². The summed E-state index contributed by atoms with van der Waals surface area (Å²) in [5.74, 6) is -0.214. The quantitative estimate of drug-likeness (QED) is 0.619. The van der Waals surface area contributed by atoms with E-state index in [2.05, 4.69) is 15.0 Å². The highest BCUT2D eigenvalue weighted by Crippen LogP contribution is 2.19. The van der Waals surface area contributed by atoms with Crippen molar-refractivity contribution in [2.75, 3.05) is 14.1 Å². The maximum absolute atomic E-state index is 13.9. The molecule has 1 aromatic carbocycles. The topological polar surface area (TPSA) is 50.6 Å². The Balaban J connectivity index is 2.18. The minimum atomic E-state index is -0.621. The van der Waals surface area contributed by atoms with Gasteiger partial charge in [0.15, 0.2) is 11.6 Å². The molecule has 0 atom stereocenters. The Kier molecular flexibility index (Phi) is 5.78. The zero-order valence-corrected chi connectivity index (χ0v) is 14.1. The molecule has 0 aliphatic heterocycles. The van der Waals surface area contributed by atoms with Crippen LogP contribution in [0.2, 0.25) is 0 Å². The summed E-state index contributed by atoms with van der Waals surface area (Å²) < 4.78 is 32.2. The van der Waals surface area contributed by atoms with Crippen LogP contribution in [0, 0.1) is 17.6 Å². The van der Waals surface area contributed by atoms with Crippen molar-refractivity contribution in [3.05, 3.63) is 47.7 Å². The third-order valence-electron chi connectivity index (χ3n) is 3.18. The molecule has 0 N–H and O–H groups in total. The van der Waals surface area contributed by atoms with Gasteiger partial charge in [-0.1, -0.05) is 26.0 Å². The number of nitrogens with zero attached hydrogens (tertiary/aromatic N) is 4. The second-order valence-electron chi connectivity index (χ2n) is 5.76. The lowest BCUT2D eigenvalue weighted by molar-refractivity contribution is 0.279. The first-order chi connectivity index (χ1) is 11.4. The van der Waals surface area contributed by atoms with Gasteiger partial charge in [0, 0.05) is 20.0 Å². The Hall–Kier alpha value is -2.57. The molecule has 1 aromatic heterocycles. The van der Waals surface area contributed by atoms with Crippen molar-refractivity contribution in [2.45, 2.75) is 20.5 Å². The minimum Gasteiger partial charge on any atom is -0.459 e. The monoisotopic (exact) mass is 334 g/mol. The van der Waals surface area contributed by atoms with Crippen molar-refractivity contribution < 1.29 is 13.5 Å². The van der Waals surface area contributed by atoms with E-state index in [0.29, 0.717) is 5.84 Å². The van der Waals surface area contributed by atoms with E-state index in [-0.39, 0.29) is 30.2 Å². The first-order valence-corrected chi connectivity index (χ1v) is 7.52. The first-order valence-electron chi connectivity index (χ1n) is 7.52.